The second-order valence-electron chi connectivity index (χ2n) is 6.02. The van der Waals surface area contributed by atoms with Gasteiger partial charge in [0.15, 0.2) is 0 Å². The Morgan fingerprint density at radius 1 is 1.12 bits per heavy atom. The maximum Gasteiger partial charge on any atom is 0.274 e. The van der Waals surface area contributed by atoms with Crippen molar-refractivity contribution in [1.82, 2.24) is 20.0 Å². The minimum atomic E-state index is -0.0936. The molecule has 1 N–H and O–H groups in total. The van der Waals surface area contributed by atoms with Crippen molar-refractivity contribution in [2.24, 2.45) is 0 Å². The summed E-state index contributed by atoms with van der Waals surface area (Å²) in [5.41, 5.74) is 1.28. The van der Waals surface area contributed by atoms with Crippen LogP contribution in [0.2, 0.25) is 0 Å². The minimum absolute atomic E-state index is 0.0543. The summed E-state index contributed by atoms with van der Waals surface area (Å²) in [6, 6.07) is 11.2. The summed E-state index contributed by atoms with van der Waals surface area (Å²) in [4.78, 5) is 28.1. The molecule has 2 heterocycles. The van der Waals surface area contributed by atoms with Crippen LogP contribution in [0.1, 0.15) is 22.6 Å². The lowest BCUT2D eigenvalue weighted by Gasteiger charge is -2.34. The van der Waals surface area contributed by atoms with Gasteiger partial charge in [0.1, 0.15) is 11.4 Å². The van der Waals surface area contributed by atoms with Crippen LogP contribution in [0.15, 0.2) is 36.4 Å². The molecule has 3 rings (SSSR count). The van der Waals surface area contributed by atoms with Crippen LogP contribution in [0.5, 0.6) is 5.75 Å². The van der Waals surface area contributed by atoms with Gasteiger partial charge < -0.3 is 14.5 Å². The Kier molecular flexibility index (Phi) is 5.33. The van der Waals surface area contributed by atoms with E-state index in [1.54, 1.807) is 15.9 Å². The number of aromatic amines is 1. The zero-order valence-electron chi connectivity index (χ0n) is 14.3. The second-order valence-corrected chi connectivity index (χ2v) is 6.02. The third kappa shape index (κ3) is 4.37. The number of H-pyrrole nitrogens is 1. The highest BCUT2D eigenvalue weighted by Gasteiger charge is 2.25. The van der Waals surface area contributed by atoms with Crippen LogP contribution in [0, 0.1) is 6.92 Å². The number of amides is 2. The Bertz CT molecular complexity index is 721. The van der Waals surface area contributed by atoms with Crippen LogP contribution in [-0.4, -0.2) is 64.6 Å². The number of hydrogen-bond donors (Lipinski definition) is 1. The van der Waals surface area contributed by atoms with E-state index in [1.807, 2.05) is 37.3 Å². The standard InChI is InChI=1S/C18H22N4O3/c1-14-13-16(20-19-14)18(24)22-10-8-21(9-11-22)17(23)7-12-25-15-5-3-2-4-6-15/h2-6,13H,7-12H2,1H3,(H,19,20). The van der Waals surface area contributed by atoms with Crippen LogP contribution in [0.25, 0.3) is 0 Å². The lowest BCUT2D eigenvalue weighted by molar-refractivity contribution is -0.133. The Labute approximate surface area is 146 Å². The molecule has 25 heavy (non-hydrogen) atoms. The first-order valence-corrected chi connectivity index (χ1v) is 8.40. The Balaban J connectivity index is 1.42. The first-order valence-electron chi connectivity index (χ1n) is 8.40. The fourth-order valence-electron chi connectivity index (χ4n) is 2.78. The monoisotopic (exact) mass is 342 g/mol. The molecule has 1 aliphatic rings. The maximum absolute atomic E-state index is 12.3. The van der Waals surface area contributed by atoms with Crippen molar-refractivity contribution in [2.45, 2.75) is 13.3 Å². The number of aromatic nitrogens is 2. The third-order valence-electron chi connectivity index (χ3n) is 4.17. The molecule has 0 radical (unpaired) electrons. The van der Waals surface area contributed by atoms with Gasteiger partial charge in [0.2, 0.25) is 5.91 Å². The summed E-state index contributed by atoms with van der Waals surface area (Å²) in [6.07, 6.45) is 0.335. The van der Waals surface area contributed by atoms with Crippen LogP contribution in [0.4, 0.5) is 0 Å². The van der Waals surface area contributed by atoms with Gasteiger partial charge in [0.05, 0.1) is 13.0 Å². The van der Waals surface area contributed by atoms with E-state index in [4.69, 9.17) is 4.74 Å². The van der Waals surface area contributed by atoms with Crippen molar-refractivity contribution < 1.29 is 14.3 Å². The van der Waals surface area contributed by atoms with Crippen LogP contribution in [-0.2, 0) is 4.79 Å². The van der Waals surface area contributed by atoms with E-state index < -0.39 is 0 Å². The lowest BCUT2D eigenvalue weighted by Crippen LogP contribution is -2.50. The maximum atomic E-state index is 12.3. The molecule has 7 heteroatoms. The molecule has 1 aliphatic heterocycles. The van der Waals surface area contributed by atoms with Gasteiger partial charge in [-0.25, -0.2) is 0 Å². The van der Waals surface area contributed by atoms with E-state index in [0.717, 1.165) is 11.4 Å². The van der Waals surface area contributed by atoms with Gasteiger partial charge in [-0.1, -0.05) is 18.2 Å². The van der Waals surface area contributed by atoms with Crippen molar-refractivity contribution >= 4 is 11.8 Å². The number of nitrogens with one attached hydrogen (secondary N) is 1. The topological polar surface area (TPSA) is 78.5 Å². The number of ether oxygens (including phenoxy) is 1. The fourth-order valence-corrected chi connectivity index (χ4v) is 2.78. The van der Waals surface area contributed by atoms with Gasteiger partial charge in [-0.3, -0.25) is 14.7 Å². The zero-order valence-corrected chi connectivity index (χ0v) is 14.3. The number of carbonyl (C=O) groups excluding carboxylic acids is 2. The molecule has 1 fully saturated rings. The second kappa shape index (κ2) is 7.83. The zero-order chi connectivity index (χ0) is 17.6. The number of para-hydroxylation sites is 1. The molecule has 2 aromatic rings. The van der Waals surface area contributed by atoms with Gasteiger partial charge in [-0.05, 0) is 25.1 Å². The van der Waals surface area contributed by atoms with Gasteiger partial charge in [-0.2, -0.15) is 5.10 Å². The Morgan fingerprint density at radius 3 is 2.44 bits per heavy atom. The molecule has 0 unspecified atom stereocenters. The number of nitrogens with zero attached hydrogens (tertiary/aromatic N) is 3. The van der Waals surface area contributed by atoms with Crippen molar-refractivity contribution in [3.63, 3.8) is 0 Å². The predicted octanol–water partition coefficient (Wildman–Crippen LogP) is 1.47. The largest absolute Gasteiger partial charge is 0.493 e. The van der Waals surface area contributed by atoms with Crippen molar-refractivity contribution in [3.05, 3.63) is 47.8 Å². The number of hydrogen-bond acceptors (Lipinski definition) is 4. The van der Waals surface area contributed by atoms with Crippen LogP contribution >= 0.6 is 0 Å². The molecular weight excluding hydrogens is 320 g/mol. The number of benzene rings is 1. The van der Waals surface area contributed by atoms with Gasteiger partial charge >= 0.3 is 0 Å². The SMILES string of the molecule is Cc1cc(C(=O)N2CCN(C(=O)CCOc3ccccc3)CC2)n[nH]1. The molecule has 0 bridgehead atoms. The predicted molar refractivity (Wildman–Crippen MR) is 92.4 cm³/mol. The van der Waals surface area contributed by atoms with Gasteiger partial charge in [0.25, 0.3) is 5.91 Å². The molecule has 2 amide bonds. The molecule has 0 aliphatic carbocycles. The van der Waals surface area contributed by atoms with E-state index in [2.05, 4.69) is 10.2 Å². The van der Waals surface area contributed by atoms with Crippen LogP contribution in [0.3, 0.4) is 0 Å². The molecule has 1 aromatic heterocycles. The number of aryl methyl sites for hydroxylation is 1. The summed E-state index contributed by atoms with van der Waals surface area (Å²) >= 11 is 0. The minimum Gasteiger partial charge on any atom is -0.493 e. The van der Waals surface area contributed by atoms with Crippen molar-refractivity contribution in [1.29, 1.82) is 0 Å². The summed E-state index contributed by atoms with van der Waals surface area (Å²) < 4.78 is 5.56. The molecule has 0 spiro atoms. The summed E-state index contributed by atoms with van der Waals surface area (Å²) in [5.74, 6) is 0.725. The average Bonchev–Trinajstić information content (AvgIpc) is 3.08. The number of carbonyl (C=O) groups is 2. The number of rotatable bonds is 5. The average molecular weight is 342 g/mol. The molecular formula is C18H22N4O3. The normalized spacial score (nSPS) is 14.4. The summed E-state index contributed by atoms with van der Waals surface area (Å²) in [7, 11) is 0. The first-order chi connectivity index (χ1) is 12.1. The Hall–Kier alpha value is -2.83. The Morgan fingerprint density at radius 2 is 1.80 bits per heavy atom. The highest BCUT2D eigenvalue weighted by Crippen LogP contribution is 2.11. The van der Waals surface area contributed by atoms with E-state index >= 15 is 0 Å². The summed E-state index contributed by atoms with van der Waals surface area (Å²) in [5, 5.41) is 6.78. The highest BCUT2D eigenvalue weighted by atomic mass is 16.5. The van der Waals surface area contributed by atoms with Crippen molar-refractivity contribution in [3.8, 4) is 5.75 Å². The van der Waals surface area contributed by atoms with Crippen LogP contribution < -0.4 is 4.74 Å². The van der Waals surface area contributed by atoms with Gasteiger partial charge in [0, 0.05) is 31.9 Å². The molecule has 132 valence electrons. The molecule has 1 aromatic carbocycles. The van der Waals surface area contributed by atoms with E-state index in [9.17, 15) is 9.59 Å². The molecule has 7 nitrogen and oxygen atoms in total. The fraction of sp³-hybridized carbons (Fsp3) is 0.389. The van der Waals surface area contributed by atoms with Crippen molar-refractivity contribution in [2.75, 3.05) is 32.8 Å². The third-order valence-corrected chi connectivity index (χ3v) is 4.17. The quantitative estimate of drug-likeness (QED) is 0.892. The smallest absolute Gasteiger partial charge is 0.274 e. The molecule has 0 saturated carbocycles. The molecule has 1 saturated heterocycles. The number of piperazine rings is 1. The van der Waals surface area contributed by atoms with E-state index in [-0.39, 0.29) is 11.8 Å². The lowest BCUT2D eigenvalue weighted by atomic mass is 10.2. The summed E-state index contributed by atoms with van der Waals surface area (Å²) in [6.45, 7) is 4.34. The van der Waals surface area contributed by atoms with E-state index in [0.29, 0.717) is 44.9 Å². The van der Waals surface area contributed by atoms with Gasteiger partial charge in [-0.15, -0.1) is 0 Å². The first kappa shape index (κ1) is 17.0. The molecule has 0 atom stereocenters. The van der Waals surface area contributed by atoms with E-state index in [1.165, 1.54) is 0 Å². The highest BCUT2D eigenvalue weighted by molar-refractivity contribution is 5.92.